The Morgan fingerprint density at radius 2 is 1.05 bits per heavy atom. The summed E-state index contributed by atoms with van der Waals surface area (Å²) in [4.78, 5) is 43.7. The molecule has 0 spiro atoms. The maximum atomic E-state index is 12.1. The summed E-state index contributed by atoms with van der Waals surface area (Å²) in [6.07, 6.45) is 26.1. The Labute approximate surface area is 265 Å². The highest BCUT2D eigenvalue weighted by Gasteiger charge is 2.27. The van der Waals surface area contributed by atoms with Crippen LogP contribution < -0.4 is 5.73 Å². The van der Waals surface area contributed by atoms with Crippen LogP contribution in [0.15, 0.2) is 0 Å². The second kappa shape index (κ2) is 28.9. The van der Waals surface area contributed by atoms with E-state index < -0.39 is 51.1 Å². The first kappa shape index (κ1) is 42.5. The van der Waals surface area contributed by atoms with Crippen LogP contribution >= 0.6 is 7.82 Å². The molecule has 0 radical (unpaired) electrons. The van der Waals surface area contributed by atoms with Crippen molar-refractivity contribution in [3.63, 3.8) is 0 Å². The first-order chi connectivity index (χ1) is 21.1. The maximum absolute atomic E-state index is 12.1. The Balaban J connectivity index is 3.70. The molecule has 44 heavy (non-hydrogen) atoms. The molecule has 260 valence electrons. The summed E-state index contributed by atoms with van der Waals surface area (Å²) >= 11 is 0. The topological polar surface area (TPSA) is 172 Å². The zero-order valence-electron chi connectivity index (χ0n) is 27.5. The number of nitrogens with two attached hydrogens (primary N) is 1. The number of carboxylic acid groups (broad SMARTS) is 1. The Hall–Kier alpha value is -1.52. The molecule has 0 saturated carbocycles. The average Bonchev–Trinajstić information content (AvgIpc) is 2.97. The van der Waals surface area contributed by atoms with E-state index in [9.17, 15) is 23.8 Å². The van der Waals surface area contributed by atoms with E-state index in [-0.39, 0.29) is 13.0 Å². The van der Waals surface area contributed by atoms with Crippen LogP contribution in [-0.2, 0) is 37.5 Å². The van der Waals surface area contributed by atoms with Crippen molar-refractivity contribution in [1.82, 2.24) is 0 Å². The number of phosphoric ester groups is 1. The predicted octanol–water partition coefficient (Wildman–Crippen LogP) is 7.61. The molecule has 0 aromatic heterocycles. The van der Waals surface area contributed by atoms with Gasteiger partial charge in [-0.15, -0.1) is 0 Å². The van der Waals surface area contributed by atoms with Crippen molar-refractivity contribution < 1.29 is 47.5 Å². The fourth-order valence-corrected chi connectivity index (χ4v) is 5.55. The van der Waals surface area contributed by atoms with Gasteiger partial charge in [-0.3, -0.25) is 23.4 Å². The van der Waals surface area contributed by atoms with Crippen molar-refractivity contribution in [1.29, 1.82) is 0 Å². The molecule has 0 rings (SSSR count). The molecule has 4 N–H and O–H groups in total. The molecule has 0 amide bonds. The Bertz CT molecular complexity index is 782. The smallest absolute Gasteiger partial charge is 0.472 e. The molecule has 12 heteroatoms. The van der Waals surface area contributed by atoms with Gasteiger partial charge in [0.1, 0.15) is 12.6 Å². The van der Waals surface area contributed by atoms with Gasteiger partial charge in [-0.05, 0) is 6.42 Å². The molecule has 0 saturated heterocycles. The average molecular weight is 652 g/mol. The molecule has 0 aliphatic carbocycles. The first-order valence-electron chi connectivity index (χ1n) is 17.0. The van der Waals surface area contributed by atoms with Gasteiger partial charge in [0.05, 0.1) is 13.2 Å². The molecular formula is C32H62NO10P. The number of rotatable bonds is 32. The fraction of sp³-hybridized carbons (Fsp3) is 0.906. The minimum absolute atomic E-state index is 0.224. The second-order valence-electron chi connectivity index (χ2n) is 11.7. The van der Waals surface area contributed by atoms with Gasteiger partial charge < -0.3 is 25.2 Å². The normalized spacial score (nSPS) is 14.1. The monoisotopic (exact) mass is 651 g/mol. The highest BCUT2D eigenvalue weighted by molar-refractivity contribution is 7.47. The molecule has 0 fully saturated rings. The maximum Gasteiger partial charge on any atom is 0.472 e. The van der Waals surface area contributed by atoms with E-state index in [1.807, 2.05) is 0 Å². The summed E-state index contributed by atoms with van der Waals surface area (Å²) in [6, 6.07) is -1.51. The molecule has 0 aromatic rings. The third-order valence-electron chi connectivity index (χ3n) is 7.41. The van der Waals surface area contributed by atoms with E-state index in [1.165, 1.54) is 109 Å². The van der Waals surface area contributed by atoms with Crippen LogP contribution in [0.2, 0.25) is 0 Å². The molecule has 11 nitrogen and oxygen atoms in total. The molecular weight excluding hydrogens is 589 g/mol. The van der Waals surface area contributed by atoms with Gasteiger partial charge in [0.15, 0.2) is 6.10 Å². The van der Waals surface area contributed by atoms with Crippen LogP contribution in [0.3, 0.4) is 0 Å². The lowest BCUT2D eigenvalue weighted by atomic mass is 10.0. The summed E-state index contributed by atoms with van der Waals surface area (Å²) in [7, 11) is -4.66. The molecule has 0 aliphatic rings. The third kappa shape index (κ3) is 29.2. The molecule has 0 aliphatic heterocycles. The Morgan fingerprint density at radius 3 is 1.43 bits per heavy atom. The standard InChI is InChI=1S/C32H62NO10P/c1-3-4-5-6-7-8-9-10-11-12-13-14-15-16-17-18-19-20-21-22-23-24-31(35)40-25-29(43-28(2)34)26-41-44(38,39)42-27-30(33)32(36)37/h29-30H,3-27,33H2,1-2H3,(H,36,37)(H,38,39)/t29-,30+/m1/s1. The van der Waals surface area contributed by atoms with Crippen molar-refractivity contribution in [3.8, 4) is 0 Å². The summed E-state index contributed by atoms with van der Waals surface area (Å²) < 4.78 is 31.2. The minimum atomic E-state index is -4.66. The third-order valence-corrected chi connectivity index (χ3v) is 8.36. The number of ether oxygens (including phenoxy) is 2. The van der Waals surface area contributed by atoms with Crippen LogP contribution in [0.25, 0.3) is 0 Å². The fourth-order valence-electron chi connectivity index (χ4n) is 4.77. The van der Waals surface area contributed by atoms with E-state index in [0.717, 1.165) is 26.2 Å². The summed E-state index contributed by atoms with van der Waals surface area (Å²) in [5.74, 6) is -2.57. The molecule has 1 unspecified atom stereocenters. The SMILES string of the molecule is CCCCCCCCCCCCCCCCCCCCCCCC(=O)OC[C@H](COP(=O)(O)OC[C@H](N)C(=O)O)OC(C)=O. The van der Waals surface area contributed by atoms with E-state index in [4.69, 9.17) is 24.8 Å². The van der Waals surface area contributed by atoms with Crippen molar-refractivity contribution in [2.45, 2.75) is 167 Å². The number of carboxylic acids is 1. The highest BCUT2D eigenvalue weighted by atomic mass is 31.2. The Kier molecular flexibility index (Phi) is 27.9. The largest absolute Gasteiger partial charge is 0.480 e. The van der Waals surface area contributed by atoms with Crippen molar-refractivity contribution in [2.75, 3.05) is 19.8 Å². The first-order valence-corrected chi connectivity index (χ1v) is 18.5. The number of unbranched alkanes of at least 4 members (excludes halogenated alkanes) is 20. The van der Waals surface area contributed by atoms with Gasteiger partial charge >= 0.3 is 25.7 Å². The van der Waals surface area contributed by atoms with Crippen molar-refractivity contribution in [3.05, 3.63) is 0 Å². The van der Waals surface area contributed by atoms with Crippen LogP contribution in [0.5, 0.6) is 0 Å². The zero-order valence-corrected chi connectivity index (χ0v) is 28.4. The molecule has 3 atom stereocenters. The lowest BCUT2D eigenvalue weighted by Crippen LogP contribution is -2.34. The number of aliphatic carboxylic acids is 1. The van der Waals surface area contributed by atoms with Gasteiger partial charge in [-0.1, -0.05) is 135 Å². The number of carbonyl (C=O) groups excluding carboxylic acids is 2. The summed E-state index contributed by atoms with van der Waals surface area (Å²) in [6.45, 7) is 1.70. The lowest BCUT2D eigenvalue weighted by molar-refractivity contribution is -0.159. The predicted molar refractivity (Wildman–Crippen MR) is 171 cm³/mol. The van der Waals surface area contributed by atoms with Gasteiger partial charge in [0, 0.05) is 13.3 Å². The van der Waals surface area contributed by atoms with E-state index in [2.05, 4.69) is 11.4 Å². The highest BCUT2D eigenvalue weighted by Crippen LogP contribution is 2.43. The van der Waals surface area contributed by atoms with Crippen LogP contribution in [0, 0.1) is 0 Å². The van der Waals surface area contributed by atoms with Crippen molar-refractivity contribution in [2.24, 2.45) is 5.73 Å². The van der Waals surface area contributed by atoms with Gasteiger partial charge in [-0.2, -0.15) is 0 Å². The summed E-state index contributed by atoms with van der Waals surface area (Å²) in [5, 5.41) is 8.70. The number of carbonyl (C=O) groups is 3. The molecule has 0 heterocycles. The number of esters is 2. The zero-order chi connectivity index (χ0) is 32.9. The quantitative estimate of drug-likeness (QED) is 0.0371. The van der Waals surface area contributed by atoms with Gasteiger partial charge in [0.2, 0.25) is 0 Å². The molecule has 0 bridgehead atoms. The van der Waals surface area contributed by atoms with Gasteiger partial charge in [0.25, 0.3) is 0 Å². The van der Waals surface area contributed by atoms with Crippen LogP contribution in [0.1, 0.15) is 155 Å². The summed E-state index contributed by atoms with van der Waals surface area (Å²) in [5.41, 5.74) is 5.22. The Morgan fingerprint density at radius 1 is 0.659 bits per heavy atom. The van der Waals surface area contributed by atoms with E-state index in [1.54, 1.807) is 0 Å². The minimum Gasteiger partial charge on any atom is -0.480 e. The molecule has 0 aromatic carbocycles. The van der Waals surface area contributed by atoms with Crippen molar-refractivity contribution >= 4 is 25.7 Å². The second-order valence-corrected chi connectivity index (χ2v) is 13.2. The van der Waals surface area contributed by atoms with Crippen LogP contribution in [0.4, 0.5) is 0 Å². The number of phosphoric acid groups is 1. The number of hydrogen-bond acceptors (Lipinski definition) is 9. The lowest BCUT2D eigenvalue weighted by Gasteiger charge is -2.19. The van der Waals surface area contributed by atoms with Gasteiger partial charge in [-0.25, -0.2) is 4.57 Å². The van der Waals surface area contributed by atoms with E-state index >= 15 is 0 Å². The number of hydrogen-bond donors (Lipinski definition) is 3. The van der Waals surface area contributed by atoms with Crippen LogP contribution in [-0.4, -0.2) is 59.9 Å². The van der Waals surface area contributed by atoms with E-state index in [0.29, 0.717) is 6.42 Å².